The standard InChI is InChI=1S/C22H22ClN3O2/c1-15-21(14-25(16(2)27)18-10-11-18)22(28-20-12-8-17(23)9-13-20)26(24-15)19-6-4-3-5-7-19/h3-9,12-13,18H,10-11,14H2,1-2H3. The Balaban J connectivity index is 1.76. The van der Waals surface area contributed by atoms with E-state index in [9.17, 15) is 4.79 Å². The number of aromatic nitrogens is 2. The van der Waals surface area contributed by atoms with E-state index in [1.807, 2.05) is 54.3 Å². The summed E-state index contributed by atoms with van der Waals surface area (Å²) in [6, 6.07) is 17.4. The van der Waals surface area contributed by atoms with Gasteiger partial charge in [-0.2, -0.15) is 5.10 Å². The van der Waals surface area contributed by atoms with Crippen LogP contribution in [0.25, 0.3) is 5.69 Å². The van der Waals surface area contributed by atoms with E-state index in [-0.39, 0.29) is 5.91 Å². The molecule has 0 radical (unpaired) electrons. The van der Waals surface area contributed by atoms with Gasteiger partial charge in [-0.15, -0.1) is 0 Å². The lowest BCUT2D eigenvalue weighted by Gasteiger charge is -2.21. The van der Waals surface area contributed by atoms with Crippen molar-refractivity contribution >= 4 is 17.5 Å². The number of halogens is 1. The smallest absolute Gasteiger partial charge is 0.227 e. The van der Waals surface area contributed by atoms with Gasteiger partial charge in [0.1, 0.15) is 5.75 Å². The summed E-state index contributed by atoms with van der Waals surface area (Å²) < 4.78 is 8.05. The highest BCUT2D eigenvalue weighted by molar-refractivity contribution is 6.30. The number of carbonyl (C=O) groups excluding carboxylic acids is 1. The fourth-order valence-corrected chi connectivity index (χ4v) is 3.36. The first-order valence-electron chi connectivity index (χ1n) is 9.37. The number of aryl methyl sites for hydroxylation is 1. The van der Waals surface area contributed by atoms with Gasteiger partial charge < -0.3 is 9.64 Å². The topological polar surface area (TPSA) is 47.4 Å². The molecule has 5 nitrogen and oxygen atoms in total. The molecule has 144 valence electrons. The molecule has 1 aromatic heterocycles. The second-order valence-corrected chi connectivity index (χ2v) is 7.49. The van der Waals surface area contributed by atoms with Gasteiger partial charge in [0, 0.05) is 18.0 Å². The van der Waals surface area contributed by atoms with Gasteiger partial charge in [-0.1, -0.05) is 29.8 Å². The zero-order chi connectivity index (χ0) is 19.7. The predicted molar refractivity (Wildman–Crippen MR) is 109 cm³/mol. The van der Waals surface area contributed by atoms with Crippen LogP contribution >= 0.6 is 11.6 Å². The second-order valence-electron chi connectivity index (χ2n) is 7.05. The summed E-state index contributed by atoms with van der Waals surface area (Å²) in [5.74, 6) is 1.37. The minimum atomic E-state index is 0.0757. The number of hydrogen-bond acceptors (Lipinski definition) is 3. The van der Waals surface area contributed by atoms with Crippen molar-refractivity contribution in [3.63, 3.8) is 0 Å². The van der Waals surface area contributed by atoms with Crippen LogP contribution in [-0.4, -0.2) is 26.6 Å². The molecule has 0 N–H and O–H groups in total. The summed E-state index contributed by atoms with van der Waals surface area (Å²) in [4.78, 5) is 14.1. The molecule has 28 heavy (non-hydrogen) atoms. The van der Waals surface area contributed by atoms with E-state index in [0.29, 0.717) is 29.2 Å². The van der Waals surface area contributed by atoms with Crippen LogP contribution in [0.1, 0.15) is 31.0 Å². The molecule has 0 unspecified atom stereocenters. The lowest BCUT2D eigenvalue weighted by Crippen LogP contribution is -2.30. The van der Waals surface area contributed by atoms with E-state index < -0.39 is 0 Å². The quantitative estimate of drug-likeness (QED) is 0.580. The number of carbonyl (C=O) groups is 1. The van der Waals surface area contributed by atoms with Crippen molar-refractivity contribution in [1.29, 1.82) is 0 Å². The van der Waals surface area contributed by atoms with Crippen LogP contribution in [0.3, 0.4) is 0 Å². The zero-order valence-electron chi connectivity index (χ0n) is 15.9. The fourth-order valence-electron chi connectivity index (χ4n) is 3.24. The molecule has 0 saturated heterocycles. The van der Waals surface area contributed by atoms with Gasteiger partial charge >= 0.3 is 0 Å². The van der Waals surface area contributed by atoms with Crippen molar-refractivity contribution in [3.05, 3.63) is 70.9 Å². The highest BCUT2D eigenvalue weighted by atomic mass is 35.5. The lowest BCUT2D eigenvalue weighted by atomic mass is 10.2. The fraction of sp³-hybridized carbons (Fsp3) is 0.273. The van der Waals surface area contributed by atoms with Gasteiger partial charge in [0.05, 0.1) is 23.5 Å². The maximum Gasteiger partial charge on any atom is 0.227 e. The molecule has 0 atom stereocenters. The molecule has 1 fully saturated rings. The van der Waals surface area contributed by atoms with Crippen molar-refractivity contribution < 1.29 is 9.53 Å². The Morgan fingerprint density at radius 2 is 1.86 bits per heavy atom. The Morgan fingerprint density at radius 3 is 2.46 bits per heavy atom. The van der Waals surface area contributed by atoms with Crippen molar-refractivity contribution in [1.82, 2.24) is 14.7 Å². The number of hydrogen-bond donors (Lipinski definition) is 0. The number of amides is 1. The largest absolute Gasteiger partial charge is 0.439 e. The van der Waals surface area contributed by atoms with Crippen molar-refractivity contribution in [2.24, 2.45) is 0 Å². The molecule has 0 spiro atoms. The van der Waals surface area contributed by atoms with E-state index in [4.69, 9.17) is 21.4 Å². The predicted octanol–water partition coefficient (Wildman–Crippen LogP) is 5.14. The Kier molecular flexibility index (Phi) is 5.09. The third kappa shape index (κ3) is 3.90. The molecule has 4 rings (SSSR count). The third-order valence-electron chi connectivity index (χ3n) is 4.89. The average molecular weight is 396 g/mol. The van der Waals surface area contributed by atoms with E-state index >= 15 is 0 Å². The van der Waals surface area contributed by atoms with E-state index in [0.717, 1.165) is 29.8 Å². The van der Waals surface area contributed by atoms with Gasteiger partial charge in [0.25, 0.3) is 0 Å². The van der Waals surface area contributed by atoms with E-state index in [2.05, 4.69) is 0 Å². The Hall–Kier alpha value is -2.79. The van der Waals surface area contributed by atoms with Crippen molar-refractivity contribution in [2.45, 2.75) is 39.3 Å². The van der Waals surface area contributed by atoms with Gasteiger partial charge in [-0.3, -0.25) is 4.79 Å². The van der Waals surface area contributed by atoms with Crippen LogP contribution in [0, 0.1) is 6.92 Å². The number of ether oxygens (including phenoxy) is 1. The van der Waals surface area contributed by atoms with Crippen LogP contribution < -0.4 is 4.74 Å². The van der Waals surface area contributed by atoms with Crippen LogP contribution in [0.2, 0.25) is 5.02 Å². The number of nitrogens with zero attached hydrogens (tertiary/aromatic N) is 3. The van der Waals surface area contributed by atoms with Gasteiger partial charge in [-0.05, 0) is 56.2 Å². The first-order chi connectivity index (χ1) is 13.5. The van der Waals surface area contributed by atoms with Crippen LogP contribution in [0.15, 0.2) is 54.6 Å². The first kappa shape index (κ1) is 18.6. The summed E-state index contributed by atoms with van der Waals surface area (Å²) in [5.41, 5.74) is 2.67. The van der Waals surface area contributed by atoms with E-state index in [1.165, 1.54) is 0 Å². The molecular formula is C22H22ClN3O2. The summed E-state index contributed by atoms with van der Waals surface area (Å²) in [7, 11) is 0. The molecule has 0 bridgehead atoms. The number of para-hydroxylation sites is 1. The number of benzene rings is 2. The Morgan fingerprint density at radius 1 is 1.18 bits per heavy atom. The highest BCUT2D eigenvalue weighted by Crippen LogP contribution is 2.35. The average Bonchev–Trinajstić information content (AvgIpc) is 3.48. The van der Waals surface area contributed by atoms with Crippen molar-refractivity contribution in [3.8, 4) is 17.3 Å². The van der Waals surface area contributed by atoms with Crippen molar-refractivity contribution in [2.75, 3.05) is 0 Å². The molecule has 1 aliphatic rings. The minimum Gasteiger partial charge on any atom is -0.439 e. The zero-order valence-corrected chi connectivity index (χ0v) is 16.7. The van der Waals surface area contributed by atoms with Gasteiger partial charge in [0.15, 0.2) is 0 Å². The summed E-state index contributed by atoms with van der Waals surface area (Å²) in [6.07, 6.45) is 2.11. The van der Waals surface area contributed by atoms with Crippen LogP contribution in [-0.2, 0) is 11.3 Å². The highest BCUT2D eigenvalue weighted by Gasteiger charge is 2.33. The maximum absolute atomic E-state index is 12.2. The molecule has 1 amide bonds. The molecule has 0 aliphatic heterocycles. The summed E-state index contributed by atoms with van der Waals surface area (Å²) in [6.45, 7) is 4.06. The first-order valence-corrected chi connectivity index (χ1v) is 9.75. The molecule has 1 aliphatic carbocycles. The van der Waals surface area contributed by atoms with Gasteiger partial charge in [0.2, 0.25) is 11.8 Å². The minimum absolute atomic E-state index is 0.0757. The summed E-state index contributed by atoms with van der Waals surface area (Å²) >= 11 is 6.01. The third-order valence-corrected chi connectivity index (χ3v) is 5.14. The van der Waals surface area contributed by atoms with Gasteiger partial charge in [-0.25, -0.2) is 4.68 Å². The summed E-state index contributed by atoms with van der Waals surface area (Å²) in [5, 5.41) is 5.36. The number of rotatable bonds is 6. The molecule has 3 aromatic rings. The monoisotopic (exact) mass is 395 g/mol. The molecule has 2 aromatic carbocycles. The Labute approximate surface area is 169 Å². The molecule has 1 saturated carbocycles. The van der Waals surface area contributed by atoms with Crippen LogP contribution in [0.4, 0.5) is 0 Å². The van der Waals surface area contributed by atoms with Crippen LogP contribution in [0.5, 0.6) is 11.6 Å². The lowest BCUT2D eigenvalue weighted by molar-refractivity contribution is -0.130. The molecule has 6 heteroatoms. The maximum atomic E-state index is 12.2. The molecule has 1 heterocycles. The molecular weight excluding hydrogens is 374 g/mol. The van der Waals surface area contributed by atoms with E-state index in [1.54, 1.807) is 23.7 Å². The SMILES string of the molecule is CC(=O)N(Cc1c(C)nn(-c2ccccc2)c1Oc1ccc(Cl)cc1)C1CC1. The normalized spacial score (nSPS) is 13.4. The second kappa shape index (κ2) is 7.68. The Bertz CT molecular complexity index is 979.